The first kappa shape index (κ1) is 12.4. The number of rotatable bonds is 3. The second-order valence-corrected chi connectivity index (χ2v) is 5.30. The van der Waals surface area contributed by atoms with E-state index in [0.717, 1.165) is 25.7 Å². The molecule has 0 aromatic heterocycles. The summed E-state index contributed by atoms with van der Waals surface area (Å²) in [7, 11) is 0. The molecule has 0 radical (unpaired) electrons. The van der Waals surface area contributed by atoms with Gasteiger partial charge in [-0.15, -0.1) is 0 Å². The molecule has 1 heterocycles. The molecule has 2 fully saturated rings. The zero-order valence-corrected chi connectivity index (χ0v) is 10.1. The summed E-state index contributed by atoms with van der Waals surface area (Å²) in [6, 6.07) is -0.352. The van der Waals surface area contributed by atoms with Crippen LogP contribution in [0.25, 0.3) is 0 Å². The van der Waals surface area contributed by atoms with Crippen LogP contribution in [0.15, 0.2) is 0 Å². The van der Waals surface area contributed by atoms with Gasteiger partial charge in [-0.25, -0.2) is 0 Å². The molecule has 96 valence electrons. The number of hydrogen-bond acceptors (Lipinski definition) is 3. The maximum Gasteiger partial charge on any atom is 0.242 e. The minimum Gasteiger partial charge on any atom is -0.352 e. The normalized spacial score (nSPS) is 27.6. The molecule has 2 amide bonds. The number of amides is 2. The second kappa shape index (κ2) is 5.04. The van der Waals surface area contributed by atoms with Crippen LogP contribution < -0.4 is 16.4 Å². The largest absolute Gasteiger partial charge is 0.352 e. The first-order valence-corrected chi connectivity index (χ1v) is 6.45. The zero-order valence-electron chi connectivity index (χ0n) is 10.1. The summed E-state index contributed by atoms with van der Waals surface area (Å²) in [5.74, 6) is -0.128. The van der Waals surface area contributed by atoms with E-state index >= 15 is 0 Å². The van der Waals surface area contributed by atoms with Crippen molar-refractivity contribution in [2.75, 3.05) is 6.54 Å². The summed E-state index contributed by atoms with van der Waals surface area (Å²) in [5.41, 5.74) is 5.99. The highest BCUT2D eigenvalue weighted by Crippen LogP contribution is 2.25. The molecule has 1 saturated carbocycles. The van der Waals surface area contributed by atoms with E-state index in [1.54, 1.807) is 0 Å². The summed E-state index contributed by atoms with van der Waals surface area (Å²) in [5, 5.41) is 5.54. The quantitative estimate of drug-likeness (QED) is 0.650. The molecule has 2 aliphatic rings. The van der Waals surface area contributed by atoms with Crippen molar-refractivity contribution in [3.05, 3.63) is 0 Å². The van der Waals surface area contributed by atoms with Crippen LogP contribution in [0, 0.1) is 0 Å². The number of carbonyl (C=O) groups is 2. The summed E-state index contributed by atoms with van der Waals surface area (Å²) in [6.45, 7) is 0.526. The molecule has 4 N–H and O–H groups in total. The smallest absolute Gasteiger partial charge is 0.242 e. The Balaban J connectivity index is 1.77. The van der Waals surface area contributed by atoms with E-state index in [1.165, 1.54) is 6.42 Å². The lowest BCUT2D eigenvalue weighted by atomic mass is 9.82. The van der Waals surface area contributed by atoms with Gasteiger partial charge >= 0.3 is 0 Å². The van der Waals surface area contributed by atoms with Gasteiger partial charge in [0.15, 0.2) is 0 Å². The molecule has 1 atom stereocenters. The van der Waals surface area contributed by atoms with Gasteiger partial charge in [0.25, 0.3) is 0 Å². The minimum absolute atomic E-state index is 0.0368. The van der Waals surface area contributed by atoms with Crippen molar-refractivity contribution in [1.82, 2.24) is 10.6 Å². The Morgan fingerprint density at radius 2 is 2.12 bits per heavy atom. The third kappa shape index (κ3) is 3.19. The van der Waals surface area contributed by atoms with Crippen molar-refractivity contribution in [3.8, 4) is 0 Å². The van der Waals surface area contributed by atoms with E-state index in [-0.39, 0.29) is 23.4 Å². The maximum absolute atomic E-state index is 11.8. The summed E-state index contributed by atoms with van der Waals surface area (Å²) in [4.78, 5) is 22.8. The molecule has 2 rings (SSSR count). The van der Waals surface area contributed by atoms with Gasteiger partial charge in [-0.1, -0.05) is 19.3 Å². The van der Waals surface area contributed by atoms with Crippen molar-refractivity contribution in [3.63, 3.8) is 0 Å². The maximum atomic E-state index is 11.8. The summed E-state index contributed by atoms with van der Waals surface area (Å²) in [6.07, 6.45) is 6.54. The Morgan fingerprint density at radius 1 is 1.41 bits per heavy atom. The topological polar surface area (TPSA) is 84.2 Å². The predicted molar refractivity (Wildman–Crippen MR) is 64.2 cm³/mol. The van der Waals surface area contributed by atoms with Crippen LogP contribution in [0.2, 0.25) is 0 Å². The Morgan fingerprint density at radius 3 is 2.71 bits per heavy atom. The van der Waals surface area contributed by atoms with Crippen molar-refractivity contribution in [2.45, 2.75) is 56.5 Å². The second-order valence-electron chi connectivity index (χ2n) is 5.30. The van der Waals surface area contributed by atoms with Crippen LogP contribution >= 0.6 is 0 Å². The van der Waals surface area contributed by atoms with Gasteiger partial charge in [-0.05, 0) is 19.3 Å². The molecule has 0 spiro atoms. The van der Waals surface area contributed by atoms with Gasteiger partial charge in [0.05, 0.1) is 0 Å². The van der Waals surface area contributed by atoms with Crippen molar-refractivity contribution >= 4 is 11.8 Å². The fourth-order valence-electron chi connectivity index (χ4n) is 2.63. The molecule has 17 heavy (non-hydrogen) atoms. The SMILES string of the molecule is NC1(CNC(=O)[C@@H]2CCC(=O)N2)CCCCC1. The summed E-state index contributed by atoms with van der Waals surface area (Å²) >= 11 is 0. The van der Waals surface area contributed by atoms with E-state index in [4.69, 9.17) is 5.73 Å². The van der Waals surface area contributed by atoms with Crippen LogP contribution in [-0.2, 0) is 9.59 Å². The number of carbonyl (C=O) groups excluding carboxylic acids is 2. The Hall–Kier alpha value is -1.10. The van der Waals surface area contributed by atoms with Crippen LogP contribution in [0.3, 0.4) is 0 Å². The zero-order chi connectivity index (χ0) is 12.3. The fourth-order valence-corrected chi connectivity index (χ4v) is 2.63. The van der Waals surface area contributed by atoms with E-state index < -0.39 is 0 Å². The van der Waals surface area contributed by atoms with Crippen LogP contribution in [0.5, 0.6) is 0 Å². The van der Waals surface area contributed by atoms with Gasteiger partial charge in [-0.3, -0.25) is 9.59 Å². The van der Waals surface area contributed by atoms with E-state index in [0.29, 0.717) is 19.4 Å². The molecular weight excluding hydrogens is 218 g/mol. The average molecular weight is 239 g/mol. The standard InChI is InChI=1S/C12H21N3O2/c13-12(6-2-1-3-7-12)8-14-11(17)9-4-5-10(16)15-9/h9H,1-8,13H2,(H,14,17)(H,15,16)/t9-/m0/s1. The van der Waals surface area contributed by atoms with Gasteiger partial charge in [0.1, 0.15) is 6.04 Å². The highest BCUT2D eigenvalue weighted by atomic mass is 16.2. The van der Waals surface area contributed by atoms with Crippen molar-refractivity contribution in [2.24, 2.45) is 5.73 Å². The van der Waals surface area contributed by atoms with Crippen molar-refractivity contribution < 1.29 is 9.59 Å². The lowest BCUT2D eigenvalue weighted by molar-refractivity contribution is -0.126. The molecule has 0 unspecified atom stereocenters. The molecule has 0 aromatic carbocycles. The fraction of sp³-hybridized carbons (Fsp3) is 0.833. The van der Waals surface area contributed by atoms with Crippen LogP contribution in [0.4, 0.5) is 0 Å². The van der Waals surface area contributed by atoms with Gasteiger partial charge in [-0.2, -0.15) is 0 Å². The highest BCUT2D eigenvalue weighted by molar-refractivity contribution is 5.90. The average Bonchev–Trinajstić information content (AvgIpc) is 2.74. The third-order valence-corrected chi connectivity index (χ3v) is 3.78. The van der Waals surface area contributed by atoms with Gasteiger partial charge in [0.2, 0.25) is 11.8 Å². The molecule has 0 bridgehead atoms. The Kier molecular flexibility index (Phi) is 3.66. The lowest BCUT2D eigenvalue weighted by Crippen LogP contribution is -2.53. The molecule has 1 aliphatic heterocycles. The molecule has 0 aromatic rings. The highest BCUT2D eigenvalue weighted by Gasteiger charge is 2.31. The third-order valence-electron chi connectivity index (χ3n) is 3.78. The first-order chi connectivity index (χ1) is 8.09. The van der Waals surface area contributed by atoms with E-state index in [1.807, 2.05) is 0 Å². The first-order valence-electron chi connectivity index (χ1n) is 6.45. The lowest BCUT2D eigenvalue weighted by Gasteiger charge is -2.33. The van der Waals surface area contributed by atoms with Crippen LogP contribution in [-0.4, -0.2) is 29.9 Å². The van der Waals surface area contributed by atoms with E-state index in [9.17, 15) is 9.59 Å². The number of nitrogens with two attached hydrogens (primary N) is 1. The van der Waals surface area contributed by atoms with E-state index in [2.05, 4.69) is 10.6 Å². The number of hydrogen-bond donors (Lipinski definition) is 3. The van der Waals surface area contributed by atoms with Gasteiger partial charge < -0.3 is 16.4 Å². The predicted octanol–water partition coefficient (Wildman–Crippen LogP) is 0.0428. The molecule has 1 saturated heterocycles. The Bertz CT molecular complexity index is 311. The monoisotopic (exact) mass is 239 g/mol. The molecule has 1 aliphatic carbocycles. The van der Waals surface area contributed by atoms with Crippen LogP contribution in [0.1, 0.15) is 44.9 Å². The molecule has 5 heteroatoms. The molecule has 5 nitrogen and oxygen atoms in total. The number of nitrogens with one attached hydrogen (secondary N) is 2. The molecular formula is C12H21N3O2. The minimum atomic E-state index is -0.352. The van der Waals surface area contributed by atoms with Crippen molar-refractivity contribution in [1.29, 1.82) is 0 Å². The summed E-state index contributed by atoms with van der Waals surface area (Å²) < 4.78 is 0. The Labute approximate surface area is 102 Å². The van der Waals surface area contributed by atoms with Gasteiger partial charge in [0, 0.05) is 18.5 Å².